The van der Waals surface area contributed by atoms with Crippen molar-refractivity contribution in [3.05, 3.63) is 64.7 Å². The molecule has 2 aromatic rings. The van der Waals surface area contributed by atoms with Crippen molar-refractivity contribution >= 4 is 17.8 Å². The van der Waals surface area contributed by atoms with E-state index >= 15 is 0 Å². The van der Waals surface area contributed by atoms with Crippen LogP contribution in [0.15, 0.2) is 53.6 Å². The van der Waals surface area contributed by atoms with Gasteiger partial charge in [0.05, 0.1) is 13.3 Å². The highest BCUT2D eigenvalue weighted by atomic mass is 35.5. The first-order chi connectivity index (χ1) is 11.7. The van der Waals surface area contributed by atoms with Crippen LogP contribution < -0.4 is 4.74 Å². The summed E-state index contributed by atoms with van der Waals surface area (Å²) in [6.07, 6.45) is 1.90. The Bertz CT molecular complexity index is 697. The van der Waals surface area contributed by atoms with Crippen molar-refractivity contribution in [3.8, 4) is 5.75 Å². The zero-order valence-corrected chi connectivity index (χ0v) is 14.6. The number of methoxy groups -OCH3 is 1. The minimum Gasteiger partial charge on any atom is -0.497 e. The van der Waals surface area contributed by atoms with Crippen LogP contribution in [0.5, 0.6) is 5.75 Å². The second-order valence-corrected chi connectivity index (χ2v) is 6.25. The first-order valence-corrected chi connectivity index (χ1v) is 8.51. The highest BCUT2D eigenvalue weighted by Crippen LogP contribution is 2.18. The Morgan fingerprint density at radius 3 is 2.62 bits per heavy atom. The third kappa shape index (κ3) is 4.49. The Balaban J connectivity index is 1.51. The first-order valence-electron chi connectivity index (χ1n) is 8.13. The zero-order valence-electron chi connectivity index (χ0n) is 13.9. The number of hydrogen-bond donors (Lipinski definition) is 0. The molecule has 0 amide bonds. The number of hydrogen-bond acceptors (Lipinski definition) is 4. The topological polar surface area (TPSA) is 28.1 Å². The quantitative estimate of drug-likeness (QED) is 0.778. The molecule has 3 rings (SSSR count). The monoisotopic (exact) mass is 343 g/mol. The van der Waals surface area contributed by atoms with Crippen LogP contribution in [0, 0.1) is 0 Å². The molecule has 1 saturated heterocycles. The van der Waals surface area contributed by atoms with E-state index < -0.39 is 0 Å². The van der Waals surface area contributed by atoms with Crippen molar-refractivity contribution < 1.29 is 4.74 Å². The fourth-order valence-corrected chi connectivity index (χ4v) is 2.94. The molecule has 0 radical (unpaired) electrons. The van der Waals surface area contributed by atoms with Crippen LogP contribution in [-0.4, -0.2) is 49.4 Å². The second-order valence-electron chi connectivity index (χ2n) is 5.84. The summed E-state index contributed by atoms with van der Waals surface area (Å²) in [7, 11) is 1.68. The lowest BCUT2D eigenvalue weighted by atomic mass is 10.2. The third-order valence-electron chi connectivity index (χ3n) is 4.16. The van der Waals surface area contributed by atoms with E-state index in [0.717, 1.165) is 49.1 Å². The summed E-state index contributed by atoms with van der Waals surface area (Å²) >= 11 is 6.24. The number of ether oxygens (including phenoxy) is 1. The van der Waals surface area contributed by atoms with Crippen LogP contribution in [0.1, 0.15) is 11.1 Å². The van der Waals surface area contributed by atoms with Gasteiger partial charge in [0, 0.05) is 37.7 Å². The zero-order chi connectivity index (χ0) is 16.8. The number of piperazine rings is 1. The smallest absolute Gasteiger partial charge is 0.119 e. The van der Waals surface area contributed by atoms with E-state index in [2.05, 4.69) is 21.1 Å². The molecule has 1 heterocycles. The number of nitrogens with zero attached hydrogens (tertiary/aromatic N) is 3. The van der Waals surface area contributed by atoms with Gasteiger partial charge in [0.2, 0.25) is 0 Å². The molecule has 126 valence electrons. The van der Waals surface area contributed by atoms with Gasteiger partial charge in [-0.05, 0) is 29.3 Å². The Kier molecular flexibility index (Phi) is 5.72. The van der Waals surface area contributed by atoms with Crippen LogP contribution >= 0.6 is 11.6 Å². The van der Waals surface area contributed by atoms with Gasteiger partial charge in [-0.25, -0.2) is 0 Å². The molecule has 0 aliphatic carbocycles. The lowest BCUT2D eigenvalue weighted by Crippen LogP contribution is -2.43. The molecular weight excluding hydrogens is 322 g/mol. The molecule has 1 fully saturated rings. The fraction of sp³-hybridized carbons (Fsp3) is 0.316. The van der Waals surface area contributed by atoms with Gasteiger partial charge in [0.25, 0.3) is 0 Å². The summed E-state index contributed by atoms with van der Waals surface area (Å²) in [5.41, 5.74) is 2.24. The van der Waals surface area contributed by atoms with Crippen molar-refractivity contribution in [2.24, 2.45) is 5.10 Å². The maximum Gasteiger partial charge on any atom is 0.119 e. The van der Waals surface area contributed by atoms with Gasteiger partial charge in [0.1, 0.15) is 5.75 Å². The average molecular weight is 344 g/mol. The Morgan fingerprint density at radius 2 is 1.88 bits per heavy atom. The molecule has 0 spiro atoms. The normalized spacial score (nSPS) is 15.8. The number of halogens is 1. The molecule has 24 heavy (non-hydrogen) atoms. The SMILES string of the molecule is COc1cccc(/C=N\N2CCN(Cc3ccccc3Cl)CC2)c1. The molecule has 0 unspecified atom stereocenters. The molecule has 0 atom stereocenters. The summed E-state index contributed by atoms with van der Waals surface area (Å²) in [6, 6.07) is 16.0. The molecule has 5 heteroatoms. The third-order valence-corrected chi connectivity index (χ3v) is 4.53. The van der Waals surface area contributed by atoms with Gasteiger partial charge in [-0.3, -0.25) is 9.91 Å². The highest BCUT2D eigenvalue weighted by Gasteiger charge is 2.16. The van der Waals surface area contributed by atoms with Crippen LogP contribution in [-0.2, 0) is 6.54 Å². The fourth-order valence-electron chi connectivity index (χ4n) is 2.75. The Labute approximate surface area is 148 Å². The van der Waals surface area contributed by atoms with Crippen molar-refractivity contribution in [1.29, 1.82) is 0 Å². The largest absolute Gasteiger partial charge is 0.497 e. The van der Waals surface area contributed by atoms with E-state index in [-0.39, 0.29) is 0 Å². The average Bonchev–Trinajstić information content (AvgIpc) is 2.63. The highest BCUT2D eigenvalue weighted by molar-refractivity contribution is 6.31. The number of rotatable bonds is 5. The lowest BCUT2D eigenvalue weighted by molar-refractivity contribution is 0.131. The number of benzene rings is 2. The second kappa shape index (κ2) is 8.18. The lowest BCUT2D eigenvalue weighted by Gasteiger charge is -2.33. The maximum atomic E-state index is 6.24. The molecule has 1 aliphatic rings. The molecule has 0 saturated carbocycles. The summed E-state index contributed by atoms with van der Waals surface area (Å²) in [5.74, 6) is 0.850. The van der Waals surface area contributed by atoms with Gasteiger partial charge in [-0.1, -0.05) is 41.9 Å². The summed E-state index contributed by atoms with van der Waals surface area (Å²) in [6.45, 7) is 4.71. The van der Waals surface area contributed by atoms with Crippen molar-refractivity contribution in [1.82, 2.24) is 9.91 Å². The Morgan fingerprint density at radius 1 is 1.08 bits per heavy atom. The summed E-state index contributed by atoms with van der Waals surface area (Å²) < 4.78 is 5.23. The van der Waals surface area contributed by atoms with E-state index in [4.69, 9.17) is 16.3 Å². The van der Waals surface area contributed by atoms with Gasteiger partial charge < -0.3 is 4.74 Å². The van der Waals surface area contributed by atoms with E-state index in [1.807, 2.05) is 48.7 Å². The Hall–Kier alpha value is -2.04. The van der Waals surface area contributed by atoms with Gasteiger partial charge >= 0.3 is 0 Å². The first kappa shape index (κ1) is 16.8. The van der Waals surface area contributed by atoms with E-state index in [1.165, 1.54) is 5.56 Å². The van der Waals surface area contributed by atoms with E-state index in [1.54, 1.807) is 7.11 Å². The van der Waals surface area contributed by atoms with Crippen LogP contribution in [0.4, 0.5) is 0 Å². The minimum absolute atomic E-state index is 0.843. The van der Waals surface area contributed by atoms with Crippen LogP contribution in [0.2, 0.25) is 5.02 Å². The van der Waals surface area contributed by atoms with E-state index in [9.17, 15) is 0 Å². The predicted molar refractivity (Wildman–Crippen MR) is 98.9 cm³/mol. The summed E-state index contributed by atoms with van der Waals surface area (Å²) in [4.78, 5) is 2.42. The van der Waals surface area contributed by atoms with Gasteiger partial charge in [0.15, 0.2) is 0 Å². The van der Waals surface area contributed by atoms with Crippen LogP contribution in [0.3, 0.4) is 0 Å². The maximum absolute atomic E-state index is 6.24. The van der Waals surface area contributed by atoms with Crippen LogP contribution in [0.25, 0.3) is 0 Å². The standard InChI is InChI=1S/C19H22ClN3O/c1-24-18-7-4-5-16(13-18)14-21-23-11-9-22(10-12-23)15-17-6-2-3-8-19(17)20/h2-8,13-14H,9-12,15H2,1H3/b21-14-. The van der Waals surface area contributed by atoms with E-state index in [0.29, 0.717) is 0 Å². The minimum atomic E-state index is 0.843. The molecular formula is C19H22ClN3O. The molecule has 1 aliphatic heterocycles. The van der Waals surface area contributed by atoms with Crippen molar-refractivity contribution in [2.75, 3.05) is 33.3 Å². The number of hydrazone groups is 1. The molecule has 0 aromatic heterocycles. The van der Waals surface area contributed by atoms with Crippen molar-refractivity contribution in [2.45, 2.75) is 6.54 Å². The van der Waals surface area contributed by atoms with Gasteiger partial charge in [-0.15, -0.1) is 0 Å². The molecule has 0 N–H and O–H groups in total. The predicted octanol–water partition coefficient (Wildman–Crippen LogP) is 3.50. The molecule has 2 aromatic carbocycles. The molecule has 0 bridgehead atoms. The summed E-state index contributed by atoms with van der Waals surface area (Å²) in [5, 5.41) is 7.55. The van der Waals surface area contributed by atoms with Crippen molar-refractivity contribution in [3.63, 3.8) is 0 Å². The molecule has 4 nitrogen and oxygen atoms in total. The van der Waals surface area contributed by atoms with Gasteiger partial charge in [-0.2, -0.15) is 5.10 Å².